The number of nitrogens with zero attached hydrogens (tertiary/aromatic N) is 1. The number of hydrogen-bond donors (Lipinski definition) is 8. The summed E-state index contributed by atoms with van der Waals surface area (Å²) < 4.78 is 0. The van der Waals surface area contributed by atoms with Gasteiger partial charge in [0, 0.05) is 43.2 Å². The van der Waals surface area contributed by atoms with Gasteiger partial charge in [-0.05, 0) is 60.6 Å². The number of aliphatic hydroxyl groups is 2. The fourth-order valence-corrected chi connectivity index (χ4v) is 6.09. The lowest BCUT2D eigenvalue weighted by atomic mass is 9.62. The molecule has 40 heavy (non-hydrogen) atoms. The molecule has 12 nitrogen and oxygen atoms in total. The number of carbonyl (C=O) groups is 3. The number of nitrogens with one attached hydrogen (secondary N) is 3. The van der Waals surface area contributed by atoms with Gasteiger partial charge in [-0.3, -0.25) is 9.59 Å². The molecule has 0 saturated heterocycles. The third kappa shape index (κ3) is 4.27. The number of phenols is 1. The number of ketones is 1. The Bertz CT molecular complexity index is 1540. The monoisotopic (exact) mass is 546 g/mol. The molecule has 0 radical (unpaired) electrons. The molecule has 0 fully saturated rings. The van der Waals surface area contributed by atoms with E-state index in [9.17, 15) is 29.7 Å². The first-order valence-corrected chi connectivity index (χ1v) is 12.7. The number of urea groups is 1. The van der Waals surface area contributed by atoms with E-state index < -0.39 is 41.2 Å². The van der Waals surface area contributed by atoms with Crippen molar-refractivity contribution >= 4 is 46.2 Å². The van der Waals surface area contributed by atoms with Crippen molar-refractivity contribution in [1.29, 1.82) is 5.41 Å². The molecule has 10 N–H and O–H groups in total. The summed E-state index contributed by atoms with van der Waals surface area (Å²) in [5, 5.41) is 46.6. The Morgan fingerprint density at radius 2 is 1.75 bits per heavy atom. The van der Waals surface area contributed by atoms with E-state index in [1.165, 1.54) is 0 Å². The highest BCUT2D eigenvalue weighted by atomic mass is 16.3. The van der Waals surface area contributed by atoms with Gasteiger partial charge in [0.25, 0.3) is 5.91 Å². The van der Waals surface area contributed by atoms with Crippen molar-refractivity contribution in [1.82, 2.24) is 0 Å². The Balaban J connectivity index is 1.54. The Labute approximate surface area is 229 Å². The number of amides is 3. The second-order valence-electron chi connectivity index (χ2n) is 10.5. The fraction of sp³-hybridized carbons (Fsp3) is 0.286. The maximum Gasteiger partial charge on any atom is 0.323 e. The second-order valence-corrected chi connectivity index (χ2v) is 10.5. The van der Waals surface area contributed by atoms with Crippen LogP contribution in [0.5, 0.6) is 5.75 Å². The number of primary amides is 1. The summed E-state index contributed by atoms with van der Waals surface area (Å²) in [4.78, 5) is 40.3. The van der Waals surface area contributed by atoms with E-state index in [0.29, 0.717) is 35.5 Å². The van der Waals surface area contributed by atoms with E-state index in [0.717, 1.165) is 0 Å². The number of allylic oxidation sites excluding steroid dienone is 3. The van der Waals surface area contributed by atoms with Gasteiger partial charge in [-0.2, -0.15) is 0 Å². The molecule has 2 aromatic rings. The van der Waals surface area contributed by atoms with Crippen LogP contribution in [0.3, 0.4) is 0 Å². The van der Waals surface area contributed by atoms with Crippen molar-refractivity contribution in [3.63, 3.8) is 0 Å². The summed E-state index contributed by atoms with van der Waals surface area (Å²) in [7, 11) is 3.54. The molecule has 2 aromatic carbocycles. The number of aliphatic hydroxyl groups excluding tert-OH is 2. The number of nitrogens with two attached hydrogens (primary N) is 2. The van der Waals surface area contributed by atoms with E-state index in [-0.39, 0.29) is 46.0 Å². The van der Waals surface area contributed by atoms with Crippen LogP contribution in [0.2, 0.25) is 0 Å². The Morgan fingerprint density at radius 1 is 1.07 bits per heavy atom. The minimum absolute atomic E-state index is 0.00903. The summed E-state index contributed by atoms with van der Waals surface area (Å²) in [6.07, 6.45) is 0.701. The number of anilines is 4. The van der Waals surface area contributed by atoms with Crippen molar-refractivity contribution in [2.75, 3.05) is 35.4 Å². The van der Waals surface area contributed by atoms with Gasteiger partial charge in [0.1, 0.15) is 11.5 Å². The normalized spacial score (nSPS) is 21.8. The Kier molecular flexibility index (Phi) is 6.41. The first-order chi connectivity index (χ1) is 18.9. The quantitative estimate of drug-likeness (QED) is 0.210. The number of Topliss-reactive ketones (excluding diaryl/α,β-unsaturated/α-hetero) is 1. The maximum absolute atomic E-state index is 13.9. The molecule has 0 bridgehead atoms. The number of hydrogen-bond acceptors (Lipinski definition) is 9. The first kappa shape index (κ1) is 26.6. The molecule has 3 aliphatic rings. The number of carbonyl (C=O) groups excluding carboxylic acids is 3. The van der Waals surface area contributed by atoms with E-state index >= 15 is 0 Å². The zero-order valence-electron chi connectivity index (χ0n) is 21.9. The van der Waals surface area contributed by atoms with E-state index in [2.05, 4.69) is 10.6 Å². The van der Waals surface area contributed by atoms with Crippen molar-refractivity contribution < 1.29 is 29.7 Å². The SMILES string of the molecule is CN(C)c1cc(NC(=O)Nc2ccc(N)cc2)c(O)c2c1CC1CC3CC(O)=C(C(N)=O)C(=N)C3C(O)=C1C2=O. The summed E-state index contributed by atoms with van der Waals surface area (Å²) in [6.45, 7) is 0. The second kappa shape index (κ2) is 9.63. The fourth-order valence-electron chi connectivity index (χ4n) is 6.09. The lowest BCUT2D eigenvalue weighted by Crippen LogP contribution is -2.43. The molecule has 3 aliphatic carbocycles. The molecular formula is C28H30N6O6. The van der Waals surface area contributed by atoms with E-state index in [1.807, 2.05) is 0 Å². The third-order valence-electron chi connectivity index (χ3n) is 7.81. The van der Waals surface area contributed by atoms with Gasteiger partial charge in [0.15, 0.2) is 11.5 Å². The summed E-state index contributed by atoms with van der Waals surface area (Å²) in [5.74, 6) is -4.56. The molecule has 3 amide bonds. The topological polar surface area (TPSA) is 215 Å². The molecule has 0 heterocycles. The number of fused-ring (bicyclic) bond motifs is 3. The maximum atomic E-state index is 13.9. The number of phenolic OH excluding ortho intramolecular Hbond substituents is 1. The van der Waals surface area contributed by atoms with Crippen LogP contribution in [0.1, 0.15) is 28.8 Å². The molecule has 5 rings (SSSR count). The van der Waals surface area contributed by atoms with Crippen LogP contribution in [0.25, 0.3) is 0 Å². The highest BCUT2D eigenvalue weighted by Crippen LogP contribution is 2.51. The van der Waals surface area contributed by atoms with E-state index in [4.69, 9.17) is 16.9 Å². The smallest absolute Gasteiger partial charge is 0.323 e. The molecule has 3 unspecified atom stereocenters. The van der Waals surface area contributed by atoms with Crippen molar-refractivity contribution in [2.45, 2.75) is 19.3 Å². The summed E-state index contributed by atoms with van der Waals surface area (Å²) in [6, 6.07) is 7.39. The van der Waals surface area contributed by atoms with Crippen LogP contribution in [0.15, 0.2) is 53.0 Å². The van der Waals surface area contributed by atoms with Gasteiger partial charge >= 0.3 is 6.03 Å². The Hall–Kier alpha value is -5.00. The third-order valence-corrected chi connectivity index (χ3v) is 7.81. The van der Waals surface area contributed by atoms with Gasteiger partial charge in [0.2, 0.25) is 0 Å². The molecule has 208 valence electrons. The van der Waals surface area contributed by atoms with Gasteiger partial charge in [-0.15, -0.1) is 0 Å². The number of rotatable bonds is 4. The average molecular weight is 547 g/mol. The van der Waals surface area contributed by atoms with Gasteiger partial charge < -0.3 is 47.7 Å². The number of aromatic hydroxyl groups is 1. The van der Waals surface area contributed by atoms with E-state index in [1.54, 1.807) is 49.3 Å². The average Bonchev–Trinajstić information content (AvgIpc) is 2.86. The highest BCUT2D eigenvalue weighted by molar-refractivity contribution is 6.23. The zero-order valence-corrected chi connectivity index (χ0v) is 21.9. The number of nitrogen functional groups attached to an aromatic ring is 1. The first-order valence-electron chi connectivity index (χ1n) is 12.7. The molecule has 0 aliphatic heterocycles. The largest absolute Gasteiger partial charge is 0.511 e. The Morgan fingerprint density at radius 3 is 2.38 bits per heavy atom. The zero-order chi connectivity index (χ0) is 29.0. The van der Waals surface area contributed by atoms with Crippen LogP contribution in [-0.4, -0.2) is 52.8 Å². The van der Waals surface area contributed by atoms with Crippen LogP contribution >= 0.6 is 0 Å². The summed E-state index contributed by atoms with van der Waals surface area (Å²) in [5.41, 5.74) is 12.5. The highest BCUT2D eigenvalue weighted by Gasteiger charge is 2.49. The van der Waals surface area contributed by atoms with Crippen molar-refractivity contribution in [3.05, 3.63) is 64.1 Å². The van der Waals surface area contributed by atoms with Crippen LogP contribution in [-0.2, 0) is 11.2 Å². The number of benzene rings is 2. The van der Waals surface area contributed by atoms with Gasteiger partial charge in [0.05, 0.1) is 28.5 Å². The minimum Gasteiger partial charge on any atom is -0.511 e. The molecule has 0 saturated carbocycles. The summed E-state index contributed by atoms with van der Waals surface area (Å²) >= 11 is 0. The van der Waals surface area contributed by atoms with Gasteiger partial charge in [-0.1, -0.05) is 0 Å². The minimum atomic E-state index is -0.988. The molecule has 0 aromatic heterocycles. The van der Waals surface area contributed by atoms with Crippen molar-refractivity contribution in [3.8, 4) is 5.75 Å². The van der Waals surface area contributed by atoms with Gasteiger partial charge in [-0.25, -0.2) is 4.79 Å². The standard InChI is InChI=1S/C28H30N6O6/c1-34(2)17-10-16(33-28(40)32-14-5-3-13(29)4-6-14)24(36)21-15(17)8-11-7-12-9-18(35)22(27(31)39)23(30)19(12)25(37)20(11)26(21)38/h3-6,10-12,19,30,35-37H,7-9,29H2,1-2H3,(H2,31,39)(H2,32,33,40). The predicted molar refractivity (Wildman–Crippen MR) is 150 cm³/mol. The van der Waals surface area contributed by atoms with Crippen LogP contribution < -0.4 is 27.0 Å². The molecule has 12 heteroatoms. The van der Waals surface area contributed by atoms with Crippen LogP contribution in [0.4, 0.5) is 27.5 Å². The van der Waals surface area contributed by atoms with Crippen molar-refractivity contribution in [2.24, 2.45) is 23.5 Å². The lowest BCUT2D eigenvalue weighted by molar-refractivity contribution is -0.114. The lowest BCUT2D eigenvalue weighted by Gasteiger charge is -2.42. The molecular weight excluding hydrogens is 516 g/mol. The molecule has 3 atom stereocenters. The van der Waals surface area contributed by atoms with Crippen LogP contribution in [0, 0.1) is 23.2 Å². The molecule has 0 spiro atoms. The predicted octanol–water partition coefficient (Wildman–Crippen LogP) is 3.21.